The molecule has 0 spiro atoms. The van der Waals surface area contributed by atoms with Gasteiger partial charge in [-0.2, -0.15) is 0 Å². The van der Waals surface area contributed by atoms with Crippen LogP contribution in [0.25, 0.3) is 11.0 Å². The summed E-state index contributed by atoms with van der Waals surface area (Å²) in [5, 5.41) is 10.3. The molecule has 0 aliphatic heterocycles. The third-order valence-electron chi connectivity index (χ3n) is 4.40. The summed E-state index contributed by atoms with van der Waals surface area (Å²) in [5.41, 5.74) is -0.297. The summed E-state index contributed by atoms with van der Waals surface area (Å²) in [5.74, 6) is -0.373. The number of phenolic OH excluding ortho intramolecular Hbond substituents is 1. The van der Waals surface area contributed by atoms with Gasteiger partial charge in [-0.15, -0.1) is 0 Å². The van der Waals surface area contributed by atoms with Crippen LogP contribution >= 0.6 is 0 Å². The molecule has 1 amide bonds. The van der Waals surface area contributed by atoms with Crippen LogP contribution in [0.2, 0.25) is 0 Å². The van der Waals surface area contributed by atoms with E-state index >= 15 is 0 Å². The first kappa shape index (κ1) is 20.4. The quantitative estimate of drug-likeness (QED) is 0.424. The number of phenols is 1. The summed E-state index contributed by atoms with van der Waals surface area (Å²) in [4.78, 5) is 37.7. The lowest BCUT2D eigenvalue weighted by Gasteiger charge is -2.18. The van der Waals surface area contributed by atoms with Gasteiger partial charge in [0.2, 0.25) is 5.91 Å². The van der Waals surface area contributed by atoms with Gasteiger partial charge in [-0.05, 0) is 19.4 Å². The molecule has 2 rings (SSSR count). The van der Waals surface area contributed by atoms with Gasteiger partial charge in [-0.25, -0.2) is 4.79 Å². The van der Waals surface area contributed by atoms with Crippen molar-refractivity contribution >= 4 is 23.2 Å². The normalized spacial score (nSPS) is 10.8. The van der Waals surface area contributed by atoms with E-state index in [9.17, 15) is 19.5 Å². The summed E-state index contributed by atoms with van der Waals surface area (Å²) in [6.07, 6.45) is 0.249. The van der Waals surface area contributed by atoms with Crippen molar-refractivity contribution in [2.45, 2.75) is 20.3 Å². The van der Waals surface area contributed by atoms with E-state index in [1.807, 2.05) is 6.92 Å². The number of aromatic hydroxyl groups is 1. The number of ether oxygens (including phenoxy) is 2. The maximum atomic E-state index is 12.5. The summed E-state index contributed by atoms with van der Waals surface area (Å²) < 4.78 is 15.8. The Balaban J connectivity index is 2.50. The first-order chi connectivity index (χ1) is 12.8. The molecule has 8 nitrogen and oxygen atoms in total. The van der Waals surface area contributed by atoms with E-state index in [4.69, 9.17) is 13.9 Å². The van der Waals surface area contributed by atoms with Gasteiger partial charge in [0.25, 0.3) is 0 Å². The van der Waals surface area contributed by atoms with E-state index in [0.717, 1.165) is 0 Å². The minimum absolute atomic E-state index is 0.0646. The molecule has 0 saturated heterocycles. The van der Waals surface area contributed by atoms with Crippen LogP contribution in [0.15, 0.2) is 15.3 Å². The average molecular weight is 377 g/mol. The van der Waals surface area contributed by atoms with Crippen LogP contribution in [0.5, 0.6) is 11.5 Å². The van der Waals surface area contributed by atoms with Gasteiger partial charge in [-0.3, -0.25) is 9.59 Å². The number of methoxy groups -OCH3 is 1. The Morgan fingerprint density at radius 1 is 1.41 bits per heavy atom. The molecule has 0 atom stereocenters. The first-order valence-corrected chi connectivity index (χ1v) is 8.48. The fourth-order valence-electron chi connectivity index (χ4n) is 2.79. The van der Waals surface area contributed by atoms with Gasteiger partial charge < -0.3 is 23.9 Å². The van der Waals surface area contributed by atoms with Gasteiger partial charge in [0.1, 0.15) is 11.5 Å². The molecule has 27 heavy (non-hydrogen) atoms. The smallest absolute Gasteiger partial charge is 0.340 e. The molecule has 1 heterocycles. The van der Waals surface area contributed by atoms with Crippen molar-refractivity contribution in [2.75, 3.05) is 33.9 Å². The molecular weight excluding hydrogens is 354 g/mol. The number of hydrogen-bond acceptors (Lipinski definition) is 7. The van der Waals surface area contributed by atoms with E-state index < -0.39 is 5.63 Å². The molecule has 0 saturated carbocycles. The molecule has 146 valence electrons. The predicted molar refractivity (Wildman–Crippen MR) is 98.7 cm³/mol. The van der Waals surface area contributed by atoms with Crippen LogP contribution < -0.4 is 10.4 Å². The molecule has 1 aromatic carbocycles. The highest BCUT2D eigenvalue weighted by Gasteiger charge is 2.22. The topological polar surface area (TPSA) is 106 Å². The van der Waals surface area contributed by atoms with Crippen molar-refractivity contribution < 1.29 is 28.6 Å². The minimum atomic E-state index is -0.734. The molecule has 0 radical (unpaired) electrons. The second-order valence-electron chi connectivity index (χ2n) is 6.02. The van der Waals surface area contributed by atoms with E-state index in [1.165, 1.54) is 18.1 Å². The molecular formula is C19H23NO7. The predicted octanol–water partition coefficient (Wildman–Crippen LogP) is 1.67. The molecule has 1 N–H and O–H groups in total. The van der Waals surface area contributed by atoms with Crippen LogP contribution in [-0.2, 0) is 16.0 Å². The van der Waals surface area contributed by atoms with Crippen molar-refractivity contribution in [3.05, 3.63) is 33.2 Å². The van der Waals surface area contributed by atoms with Gasteiger partial charge in [0.05, 0.1) is 36.7 Å². The van der Waals surface area contributed by atoms with Crippen LogP contribution in [0.3, 0.4) is 0 Å². The lowest BCUT2D eigenvalue weighted by atomic mass is 10.00. The number of aryl methyl sites for hydroxylation is 1. The zero-order valence-corrected chi connectivity index (χ0v) is 15.8. The fourth-order valence-corrected chi connectivity index (χ4v) is 2.79. The van der Waals surface area contributed by atoms with Crippen molar-refractivity contribution in [3.8, 4) is 11.5 Å². The Kier molecular flexibility index (Phi) is 6.57. The zero-order valence-electron chi connectivity index (χ0n) is 15.8. The van der Waals surface area contributed by atoms with E-state index in [1.54, 1.807) is 14.0 Å². The van der Waals surface area contributed by atoms with Crippen LogP contribution in [-0.4, -0.2) is 56.1 Å². The lowest BCUT2D eigenvalue weighted by Crippen LogP contribution is -2.33. The van der Waals surface area contributed by atoms with Gasteiger partial charge in [0, 0.05) is 26.3 Å². The van der Waals surface area contributed by atoms with Gasteiger partial charge >= 0.3 is 5.63 Å². The molecule has 0 fully saturated rings. The SMILES string of the molecule is CCOCCN(C)C(=O)Cc1c(C)c2c(OC)cc(O)c(C=O)c2oc1=O. The van der Waals surface area contributed by atoms with Gasteiger partial charge in [0.15, 0.2) is 11.9 Å². The maximum absolute atomic E-state index is 12.5. The van der Waals surface area contributed by atoms with Crippen LogP contribution in [0.4, 0.5) is 0 Å². The molecule has 8 heteroatoms. The first-order valence-electron chi connectivity index (χ1n) is 8.48. The standard InChI is InChI=1S/C19H23NO7/c1-5-26-7-6-20(3)16(23)8-12-11(2)17-15(25-4)9-14(22)13(10-21)18(17)27-19(12)24/h9-10,22H,5-8H2,1-4H3. The largest absolute Gasteiger partial charge is 0.507 e. The number of aldehydes is 1. The van der Waals surface area contributed by atoms with Crippen LogP contribution in [0.1, 0.15) is 28.4 Å². The Labute approximate surface area is 156 Å². The second kappa shape index (κ2) is 8.68. The summed E-state index contributed by atoms with van der Waals surface area (Å²) in [6, 6.07) is 1.28. The number of hydrogen-bond donors (Lipinski definition) is 1. The molecule has 0 bridgehead atoms. The number of carbonyl (C=O) groups is 2. The second-order valence-corrected chi connectivity index (χ2v) is 6.02. The van der Waals surface area contributed by atoms with E-state index in [0.29, 0.717) is 37.0 Å². The van der Waals surface area contributed by atoms with Crippen molar-refractivity contribution in [1.82, 2.24) is 4.90 Å². The Morgan fingerprint density at radius 3 is 2.70 bits per heavy atom. The van der Waals surface area contributed by atoms with Gasteiger partial charge in [-0.1, -0.05) is 0 Å². The van der Waals surface area contributed by atoms with Crippen molar-refractivity contribution in [2.24, 2.45) is 0 Å². The fraction of sp³-hybridized carbons (Fsp3) is 0.421. The average Bonchev–Trinajstić information content (AvgIpc) is 2.64. The number of rotatable bonds is 8. The molecule has 0 aliphatic rings. The number of nitrogens with zero attached hydrogens (tertiary/aromatic N) is 1. The highest BCUT2D eigenvalue weighted by Crippen LogP contribution is 2.36. The lowest BCUT2D eigenvalue weighted by molar-refractivity contribution is -0.129. The number of carbonyl (C=O) groups excluding carboxylic acids is 2. The third kappa shape index (κ3) is 4.11. The summed E-state index contributed by atoms with van der Waals surface area (Å²) in [7, 11) is 3.02. The number of fused-ring (bicyclic) bond motifs is 1. The minimum Gasteiger partial charge on any atom is -0.507 e. The number of amides is 1. The Hall–Kier alpha value is -2.87. The summed E-state index contributed by atoms with van der Waals surface area (Å²) in [6.45, 7) is 4.87. The van der Waals surface area contributed by atoms with Crippen molar-refractivity contribution in [1.29, 1.82) is 0 Å². The van der Waals surface area contributed by atoms with Crippen LogP contribution in [0, 0.1) is 6.92 Å². The molecule has 1 aromatic heterocycles. The zero-order chi connectivity index (χ0) is 20.1. The number of likely N-dealkylation sites (N-methyl/N-ethyl adjacent to an activating group) is 1. The van der Waals surface area contributed by atoms with Crippen molar-refractivity contribution in [3.63, 3.8) is 0 Å². The highest BCUT2D eigenvalue weighted by molar-refractivity contribution is 6.02. The maximum Gasteiger partial charge on any atom is 0.340 e. The molecule has 2 aromatic rings. The highest BCUT2D eigenvalue weighted by atomic mass is 16.5. The molecule has 0 unspecified atom stereocenters. The number of benzene rings is 1. The monoisotopic (exact) mass is 377 g/mol. The van der Waals surface area contributed by atoms with E-state index in [-0.39, 0.29) is 40.5 Å². The Morgan fingerprint density at radius 2 is 2.11 bits per heavy atom. The summed E-state index contributed by atoms with van der Waals surface area (Å²) >= 11 is 0. The third-order valence-corrected chi connectivity index (χ3v) is 4.40. The molecule has 0 aliphatic carbocycles. The Bertz CT molecular complexity index is 917. The van der Waals surface area contributed by atoms with E-state index in [2.05, 4.69) is 0 Å².